The largest absolute Gasteiger partial charge is 0.329 e. The van der Waals surface area contributed by atoms with Gasteiger partial charge in [0.25, 0.3) is 0 Å². The maximum atomic E-state index is 13.1. The number of rotatable bonds is 6. The van der Waals surface area contributed by atoms with Gasteiger partial charge in [0.15, 0.2) is 0 Å². The van der Waals surface area contributed by atoms with Crippen molar-refractivity contribution in [2.45, 2.75) is 31.2 Å². The Morgan fingerprint density at radius 3 is 2.43 bits per heavy atom. The van der Waals surface area contributed by atoms with Gasteiger partial charge in [-0.15, -0.1) is 12.4 Å². The van der Waals surface area contributed by atoms with Crippen LogP contribution in [0.5, 0.6) is 0 Å². The summed E-state index contributed by atoms with van der Waals surface area (Å²) in [6.07, 6.45) is 0.603. The summed E-state index contributed by atoms with van der Waals surface area (Å²) >= 11 is 8.85. The molecular formula is C12H18BrCl2FN2O2S. The zero-order valence-corrected chi connectivity index (χ0v) is 15.5. The molecule has 0 saturated carbocycles. The van der Waals surface area contributed by atoms with Crippen LogP contribution in [0.25, 0.3) is 0 Å². The van der Waals surface area contributed by atoms with Gasteiger partial charge in [-0.3, -0.25) is 0 Å². The van der Waals surface area contributed by atoms with Crippen LogP contribution >= 0.6 is 39.9 Å². The monoisotopic (exact) mass is 422 g/mol. The van der Waals surface area contributed by atoms with Gasteiger partial charge in [-0.2, -0.15) is 0 Å². The molecule has 0 heterocycles. The lowest BCUT2D eigenvalue weighted by Crippen LogP contribution is -2.41. The van der Waals surface area contributed by atoms with Crippen LogP contribution in [-0.2, 0) is 10.0 Å². The van der Waals surface area contributed by atoms with Crippen LogP contribution in [0.15, 0.2) is 21.5 Å². The summed E-state index contributed by atoms with van der Waals surface area (Å²) < 4.78 is 40.4. The number of nitrogens with two attached hydrogens (primary N) is 1. The van der Waals surface area contributed by atoms with Crippen molar-refractivity contribution in [1.29, 1.82) is 0 Å². The van der Waals surface area contributed by atoms with E-state index >= 15 is 0 Å². The normalized spacial score (nSPS) is 13.1. The van der Waals surface area contributed by atoms with Crippen molar-refractivity contribution in [2.75, 3.05) is 6.54 Å². The lowest BCUT2D eigenvalue weighted by Gasteiger charge is -2.19. The van der Waals surface area contributed by atoms with Gasteiger partial charge in [-0.1, -0.05) is 25.4 Å². The second kappa shape index (κ2) is 8.64. The van der Waals surface area contributed by atoms with E-state index in [0.29, 0.717) is 12.3 Å². The Balaban J connectivity index is 0.00000400. The third-order valence-corrected chi connectivity index (χ3v) is 5.51. The topological polar surface area (TPSA) is 72.2 Å². The van der Waals surface area contributed by atoms with Gasteiger partial charge in [0.05, 0.1) is 5.02 Å². The quantitative estimate of drug-likeness (QED) is 0.737. The lowest BCUT2D eigenvalue weighted by molar-refractivity contribution is 0.465. The van der Waals surface area contributed by atoms with E-state index in [-0.39, 0.29) is 33.3 Å². The molecule has 0 aromatic heterocycles. The highest BCUT2D eigenvalue weighted by molar-refractivity contribution is 9.10. The summed E-state index contributed by atoms with van der Waals surface area (Å²) in [5, 5.41) is -0.176. The molecule has 0 radical (unpaired) electrons. The maximum absolute atomic E-state index is 13.1. The number of sulfonamides is 1. The smallest absolute Gasteiger partial charge is 0.243 e. The average Bonchev–Trinajstić information content (AvgIpc) is 2.24. The maximum Gasteiger partial charge on any atom is 0.243 e. The molecule has 1 atom stereocenters. The van der Waals surface area contributed by atoms with Crippen molar-refractivity contribution < 1.29 is 12.8 Å². The molecule has 21 heavy (non-hydrogen) atoms. The number of hydrogen-bond acceptors (Lipinski definition) is 3. The Bertz CT molecular complexity index is 562. The van der Waals surface area contributed by atoms with Crippen molar-refractivity contribution in [1.82, 2.24) is 4.72 Å². The van der Waals surface area contributed by atoms with Crippen LogP contribution in [0.3, 0.4) is 0 Å². The van der Waals surface area contributed by atoms with Gasteiger partial charge in [-0.05, 0) is 40.4 Å². The van der Waals surface area contributed by atoms with E-state index in [1.165, 1.54) is 0 Å². The van der Waals surface area contributed by atoms with Gasteiger partial charge in [-0.25, -0.2) is 17.5 Å². The van der Waals surface area contributed by atoms with Gasteiger partial charge in [0.1, 0.15) is 10.7 Å². The first-order chi connectivity index (χ1) is 9.17. The van der Waals surface area contributed by atoms with E-state index in [1.54, 1.807) is 0 Å². The SMILES string of the molecule is CC(C)CC(CN)NS(=O)(=O)c1c(Cl)cc(F)cc1Br.Cl. The van der Waals surface area contributed by atoms with Crippen LogP contribution in [0, 0.1) is 11.7 Å². The van der Waals surface area contributed by atoms with Gasteiger partial charge >= 0.3 is 0 Å². The predicted octanol–water partition coefficient (Wildman–Crippen LogP) is 3.32. The van der Waals surface area contributed by atoms with Crippen LogP contribution in [0.2, 0.25) is 5.02 Å². The fourth-order valence-corrected chi connectivity index (χ4v) is 4.90. The third-order valence-electron chi connectivity index (χ3n) is 2.59. The van der Waals surface area contributed by atoms with Crippen molar-refractivity contribution in [3.63, 3.8) is 0 Å². The van der Waals surface area contributed by atoms with Gasteiger partial charge in [0.2, 0.25) is 10.0 Å². The van der Waals surface area contributed by atoms with Crippen LogP contribution in [-0.4, -0.2) is 21.0 Å². The van der Waals surface area contributed by atoms with Crippen molar-refractivity contribution >= 4 is 50.0 Å². The predicted molar refractivity (Wildman–Crippen MR) is 89.0 cm³/mol. The summed E-state index contributed by atoms with van der Waals surface area (Å²) in [7, 11) is -3.87. The molecule has 4 nitrogen and oxygen atoms in total. The molecular weight excluding hydrogens is 406 g/mol. The molecule has 0 spiro atoms. The molecule has 9 heteroatoms. The van der Waals surface area contributed by atoms with Crippen molar-refractivity contribution in [3.8, 4) is 0 Å². The first kappa shape index (κ1) is 21.1. The number of halogens is 4. The summed E-state index contributed by atoms with van der Waals surface area (Å²) in [6, 6.07) is 1.62. The van der Waals surface area contributed by atoms with E-state index < -0.39 is 21.9 Å². The molecule has 1 rings (SSSR count). The van der Waals surface area contributed by atoms with Crippen LogP contribution in [0.1, 0.15) is 20.3 Å². The van der Waals surface area contributed by atoms with E-state index in [9.17, 15) is 12.8 Å². The minimum absolute atomic E-state index is 0. The zero-order valence-electron chi connectivity index (χ0n) is 11.6. The molecule has 0 bridgehead atoms. The summed E-state index contributed by atoms with van der Waals surface area (Å²) in [5.41, 5.74) is 5.57. The standard InChI is InChI=1S/C12H17BrClFN2O2S.ClH/c1-7(2)3-9(6-16)17-20(18,19)12-10(13)4-8(15)5-11(12)14;/h4-5,7,9,17H,3,6,16H2,1-2H3;1H. The average molecular weight is 424 g/mol. The van der Waals surface area contributed by atoms with E-state index in [2.05, 4.69) is 20.7 Å². The Morgan fingerprint density at radius 2 is 2.00 bits per heavy atom. The fourth-order valence-electron chi connectivity index (χ4n) is 1.83. The van der Waals surface area contributed by atoms with Gasteiger partial charge in [0, 0.05) is 17.1 Å². The molecule has 0 saturated heterocycles. The van der Waals surface area contributed by atoms with Crippen LogP contribution in [0.4, 0.5) is 4.39 Å². The summed E-state index contributed by atoms with van der Waals surface area (Å²) in [5.74, 6) is -0.322. The van der Waals surface area contributed by atoms with Crippen LogP contribution < -0.4 is 10.5 Å². The second-order valence-electron chi connectivity index (χ2n) is 4.88. The molecule has 1 unspecified atom stereocenters. The number of hydrogen-bond donors (Lipinski definition) is 2. The minimum atomic E-state index is -3.87. The molecule has 0 aliphatic rings. The van der Waals surface area contributed by atoms with E-state index in [4.69, 9.17) is 17.3 Å². The Hall–Kier alpha value is 0.0800. The highest BCUT2D eigenvalue weighted by atomic mass is 79.9. The van der Waals surface area contributed by atoms with Crippen molar-refractivity contribution in [2.24, 2.45) is 11.7 Å². The molecule has 0 fully saturated rings. The van der Waals surface area contributed by atoms with Crippen molar-refractivity contribution in [3.05, 3.63) is 27.4 Å². The third kappa shape index (κ3) is 6.00. The Kier molecular flexibility index (Phi) is 8.68. The fraction of sp³-hybridized carbons (Fsp3) is 0.500. The molecule has 0 aliphatic heterocycles. The van der Waals surface area contributed by atoms with E-state index in [0.717, 1.165) is 12.1 Å². The summed E-state index contributed by atoms with van der Waals surface area (Å²) in [6.45, 7) is 4.11. The Labute approximate surface area is 144 Å². The minimum Gasteiger partial charge on any atom is -0.329 e. The molecule has 0 aliphatic carbocycles. The van der Waals surface area contributed by atoms with Gasteiger partial charge < -0.3 is 5.73 Å². The highest BCUT2D eigenvalue weighted by Gasteiger charge is 2.25. The number of benzene rings is 1. The molecule has 1 aromatic carbocycles. The molecule has 1 aromatic rings. The summed E-state index contributed by atoms with van der Waals surface area (Å²) in [4.78, 5) is -0.178. The number of nitrogens with one attached hydrogen (secondary N) is 1. The molecule has 0 amide bonds. The molecule has 3 N–H and O–H groups in total. The lowest BCUT2D eigenvalue weighted by atomic mass is 10.1. The Morgan fingerprint density at radius 1 is 1.43 bits per heavy atom. The zero-order chi connectivity index (χ0) is 15.5. The molecule has 122 valence electrons. The van der Waals surface area contributed by atoms with E-state index in [1.807, 2.05) is 13.8 Å². The first-order valence-electron chi connectivity index (χ1n) is 6.04. The second-order valence-corrected chi connectivity index (χ2v) is 7.79. The first-order valence-corrected chi connectivity index (χ1v) is 8.69. The highest BCUT2D eigenvalue weighted by Crippen LogP contribution is 2.30.